The van der Waals surface area contributed by atoms with E-state index in [9.17, 15) is 4.79 Å². The number of rotatable bonds is 4. The van der Waals surface area contributed by atoms with Crippen LogP contribution in [0.2, 0.25) is 0 Å². The van der Waals surface area contributed by atoms with Crippen LogP contribution in [0.4, 0.5) is 11.9 Å². The van der Waals surface area contributed by atoms with Crippen LogP contribution >= 0.6 is 0 Å². The first-order valence-corrected chi connectivity index (χ1v) is 10.7. The van der Waals surface area contributed by atoms with Crippen LogP contribution in [0, 0.1) is 0 Å². The molecule has 0 unspecified atom stereocenters. The quantitative estimate of drug-likeness (QED) is 0.450. The van der Waals surface area contributed by atoms with Crippen molar-refractivity contribution in [2.75, 3.05) is 37.2 Å². The third-order valence-electron chi connectivity index (χ3n) is 6.36. The summed E-state index contributed by atoms with van der Waals surface area (Å²) in [5, 5.41) is 14.5. The smallest absolute Gasteiger partial charge is 0.253 e. The first-order chi connectivity index (χ1) is 14.7. The lowest BCUT2D eigenvalue weighted by atomic mass is 9.89. The molecule has 0 radical (unpaired) electrons. The highest BCUT2D eigenvalue weighted by Gasteiger charge is 2.25. The number of aromatic nitrogens is 4. The Morgan fingerprint density at radius 1 is 1.17 bits per heavy atom. The zero-order valence-corrected chi connectivity index (χ0v) is 16.9. The number of anilines is 2. The number of nitrogens with zero attached hydrogens (tertiary/aromatic N) is 3. The first-order valence-electron chi connectivity index (χ1n) is 10.7. The van der Waals surface area contributed by atoms with Gasteiger partial charge in [-0.25, -0.2) is 5.10 Å². The Bertz CT molecular complexity index is 1030. The largest absolute Gasteiger partial charge is 0.368 e. The summed E-state index contributed by atoms with van der Waals surface area (Å²) in [6, 6.07) is 6.29. The summed E-state index contributed by atoms with van der Waals surface area (Å²) < 4.78 is 0. The lowest BCUT2D eigenvalue weighted by Crippen LogP contribution is -2.42. The molecule has 6 N–H and O–H groups in total. The molecule has 1 amide bonds. The number of H-pyrrole nitrogens is 2. The standard InChI is InChI=1S/C21H28N8O/c22-20-26-21(28-27-20)25-15-5-9-29(10-6-15)19(30)14-1-2-18-16(11-14)17(12-24-18)13-3-7-23-8-4-13/h1-2,11-13,15,23-24H,3-10H2,(H4,22,25,26,27,28). The Kier molecular flexibility index (Phi) is 5.04. The number of benzene rings is 1. The first kappa shape index (κ1) is 18.9. The van der Waals surface area contributed by atoms with E-state index < -0.39 is 0 Å². The number of fused-ring (bicyclic) bond motifs is 1. The van der Waals surface area contributed by atoms with Crippen LogP contribution in [0.25, 0.3) is 10.9 Å². The maximum Gasteiger partial charge on any atom is 0.253 e. The molecule has 2 aromatic heterocycles. The summed E-state index contributed by atoms with van der Waals surface area (Å²) in [4.78, 5) is 22.6. The van der Waals surface area contributed by atoms with Crippen molar-refractivity contribution in [1.29, 1.82) is 0 Å². The minimum absolute atomic E-state index is 0.106. The molecular formula is C21H28N8O. The van der Waals surface area contributed by atoms with Gasteiger partial charge in [0.05, 0.1) is 0 Å². The summed E-state index contributed by atoms with van der Waals surface area (Å²) in [7, 11) is 0. The summed E-state index contributed by atoms with van der Waals surface area (Å²) >= 11 is 0. The lowest BCUT2D eigenvalue weighted by Gasteiger charge is -2.32. The minimum Gasteiger partial charge on any atom is -0.368 e. The molecule has 2 aliphatic rings. The molecule has 2 saturated heterocycles. The van der Waals surface area contributed by atoms with Gasteiger partial charge >= 0.3 is 0 Å². The van der Waals surface area contributed by atoms with E-state index in [-0.39, 0.29) is 11.9 Å². The number of nitrogens with one attached hydrogen (secondary N) is 4. The third-order valence-corrected chi connectivity index (χ3v) is 6.36. The average molecular weight is 409 g/mol. The second-order valence-corrected chi connectivity index (χ2v) is 8.28. The Morgan fingerprint density at radius 3 is 2.70 bits per heavy atom. The molecule has 30 heavy (non-hydrogen) atoms. The van der Waals surface area contributed by atoms with E-state index in [0.717, 1.165) is 49.9 Å². The van der Waals surface area contributed by atoms with Crippen LogP contribution in [-0.2, 0) is 0 Å². The van der Waals surface area contributed by atoms with E-state index in [4.69, 9.17) is 5.73 Å². The van der Waals surface area contributed by atoms with Gasteiger partial charge < -0.3 is 26.3 Å². The predicted molar refractivity (Wildman–Crippen MR) is 116 cm³/mol. The summed E-state index contributed by atoms with van der Waals surface area (Å²) in [5.41, 5.74) is 8.79. The number of nitrogens with two attached hydrogens (primary N) is 1. The fraction of sp³-hybridized carbons (Fsp3) is 0.476. The molecule has 0 aliphatic carbocycles. The van der Waals surface area contributed by atoms with Gasteiger partial charge in [0, 0.05) is 41.8 Å². The molecule has 0 bridgehead atoms. The molecule has 1 aromatic carbocycles. The molecule has 0 saturated carbocycles. The Hall–Kier alpha value is -3.07. The number of hydrogen-bond donors (Lipinski definition) is 5. The molecule has 4 heterocycles. The number of carbonyl (C=O) groups excluding carboxylic acids is 1. The Balaban J connectivity index is 1.27. The highest BCUT2D eigenvalue weighted by molar-refractivity contribution is 5.99. The molecule has 9 heteroatoms. The molecule has 9 nitrogen and oxygen atoms in total. The highest BCUT2D eigenvalue weighted by atomic mass is 16.2. The maximum absolute atomic E-state index is 13.2. The van der Waals surface area contributed by atoms with Gasteiger partial charge in [-0.2, -0.15) is 4.98 Å². The van der Waals surface area contributed by atoms with Crippen LogP contribution in [0.1, 0.15) is 47.5 Å². The zero-order chi connectivity index (χ0) is 20.5. The number of nitrogen functional groups attached to an aromatic ring is 1. The molecular weight excluding hydrogens is 380 g/mol. The summed E-state index contributed by atoms with van der Waals surface area (Å²) in [6.07, 6.45) is 6.12. The molecule has 0 spiro atoms. The maximum atomic E-state index is 13.2. The van der Waals surface area contributed by atoms with Crippen LogP contribution in [-0.4, -0.2) is 63.2 Å². The van der Waals surface area contributed by atoms with Crippen LogP contribution < -0.4 is 16.4 Å². The van der Waals surface area contributed by atoms with Crippen molar-refractivity contribution in [2.24, 2.45) is 0 Å². The molecule has 5 rings (SSSR count). The van der Waals surface area contributed by atoms with Crippen molar-refractivity contribution < 1.29 is 4.79 Å². The normalized spacial score (nSPS) is 18.7. The van der Waals surface area contributed by atoms with E-state index in [1.165, 1.54) is 10.9 Å². The number of aromatic amines is 2. The van der Waals surface area contributed by atoms with Crippen molar-refractivity contribution in [3.63, 3.8) is 0 Å². The predicted octanol–water partition coefficient (Wildman–Crippen LogP) is 2.05. The van der Waals surface area contributed by atoms with Gasteiger partial charge in [-0.15, -0.1) is 5.10 Å². The average Bonchev–Trinajstić information content (AvgIpc) is 3.39. The van der Waals surface area contributed by atoms with Crippen molar-refractivity contribution in [3.8, 4) is 0 Å². The van der Waals surface area contributed by atoms with E-state index in [1.807, 2.05) is 17.0 Å². The van der Waals surface area contributed by atoms with Gasteiger partial charge in [0.2, 0.25) is 11.9 Å². The molecule has 2 aliphatic heterocycles. The molecule has 2 fully saturated rings. The van der Waals surface area contributed by atoms with Gasteiger partial charge in [0.1, 0.15) is 0 Å². The fourth-order valence-corrected chi connectivity index (χ4v) is 4.68. The summed E-state index contributed by atoms with van der Waals surface area (Å²) in [5.74, 6) is 1.47. The van der Waals surface area contributed by atoms with E-state index in [1.54, 1.807) is 0 Å². The van der Waals surface area contributed by atoms with E-state index >= 15 is 0 Å². The topological polar surface area (TPSA) is 128 Å². The minimum atomic E-state index is 0.106. The third kappa shape index (κ3) is 3.72. The number of likely N-dealkylation sites (tertiary alicyclic amines) is 1. The molecule has 3 aromatic rings. The number of amides is 1. The van der Waals surface area contributed by atoms with Crippen molar-refractivity contribution in [1.82, 2.24) is 30.4 Å². The van der Waals surface area contributed by atoms with Crippen molar-refractivity contribution in [3.05, 3.63) is 35.5 Å². The zero-order valence-electron chi connectivity index (χ0n) is 16.9. The number of piperidine rings is 2. The number of carbonyl (C=O) groups is 1. The molecule has 0 atom stereocenters. The summed E-state index contributed by atoms with van der Waals surface area (Å²) in [6.45, 7) is 3.53. The Morgan fingerprint density at radius 2 is 1.97 bits per heavy atom. The van der Waals surface area contributed by atoms with Crippen LogP contribution in [0.15, 0.2) is 24.4 Å². The van der Waals surface area contributed by atoms with E-state index in [2.05, 4.69) is 43.1 Å². The van der Waals surface area contributed by atoms with E-state index in [0.29, 0.717) is 30.9 Å². The van der Waals surface area contributed by atoms with Gasteiger partial charge in [0.25, 0.3) is 5.91 Å². The second-order valence-electron chi connectivity index (χ2n) is 8.28. The van der Waals surface area contributed by atoms with Crippen LogP contribution in [0.5, 0.6) is 0 Å². The number of hydrogen-bond acceptors (Lipinski definition) is 6. The van der Waals surface area contributed by atoms with Crippen LogP contribution in [0.3, 0.4) is 0 Å². The van der Waals surface area contributed by atoms with Crippen molar-refractivity contribution in [2.45, 2.75) is 37.6 Å². The second kappa shape index (κ2) is 7.98. The SMILES string of the molecule is Nc1nc(NC2CCN(C(=O)c3ccc4[nH]cc(C5CCNCC5)c4c3)CC2)n[nH]1. The molecule has 158 valence electrons. The van der Waals surface area contributed by atoms with Gasteiger partial charge in [-0.3, -0.25) is 4.79 Å². The van der Waals surface area contributed by atoms with Gasteiger partial charge in [-0.05, 0) is 68.5 Å². The van der Waals surface area contributed by atoms with Crippen molar-refractivity contribution >= 4 is 28.7 Å². The monoisotopic (exact) mass is 408 g/mol. The lowest BCUT2D eigenvalue weighted by molar-refractivity contribution is 0.0718. The van der Waals surface area contributed by atoms with Gasteiger partial charge in [-0.1, -0.05) is 0 Å². The fourth-order valence-electron chi connectivity index (χ4n) is 4.68. The Labute approximate surface area is 174 Å². The highest BCUT2D eigenvalue weighted by Crippen LogP contribution is 2.32. The van der Waals surface area contributed by atoms with Gasteiger partial charge in [0.15, 0.2) is 0 Å².